The highest BCUT2D eigenvalue weighted by Crippen LogP contribution is 2.20. The average Bonchev–Trinajstić information content (AvgIpc) is 3.14. The third kappa shape index (κ3) is 7.92. The number of rotatable bonds is 9. The summed E-state index contributed by atoms with van der Waals surface area (Å²) in [5.74, 6) is 1.66. The molecular weight excluding hydrogens is 461 g/mol. The van der Waals surface area contributed by atoms with Gasteiger partial charge in [0.2, 0.25) is 0 Å². The second-order valence-corrected chi connectivity index (χ2v) is 6.55. The van der Waals surface area contributed by atoms with Crippen LogP contribution in [0.2, 0.25) is 0 Å². The highest BCUT2D eigenvalue weighted by atomic mass is 127. The van der Waals surface area contributed by atoms with E-state index in [1.807, 2.05) is 6.92 Å². The van der Waals surface area contributed by atoms with Gasteiger partial charge in [0.25, 0.3) is 0 Å². The van der Waals surface area contributed by atoms with E-state index in [1.54, 1.807) is 18.4 Å². The number of aryl methyl sites for hydroxylation is 1. The van der Waals surface area contributed by atoms with Gasteiger partial charge in [-0.2, -0.15) is 0 Å². The number of halogens is 1. The summed E-state index contributed by atoms with van der Waals surface area (Å²) in [6.07, 6.45) is 0. The molecule has 26 heavy (non-hydrogen) atoms. The molecule has 1 aromatic heterocycles. The van der Waals surface area contributed by atoms with Crippen molar-refractivity contribution in [3.05, 3.63) is 51.7 Å². The number of aliphatic imine (C=N–C) groups is 1. The fraction of sp³-hybridized carbons (Fsp3) is 0.421. The molecule has 0 saturated heterocycles. The van der Waals surface area contributed by atoms with Gasteiger partial charge < -0.3 is 20.1 Å². The van der Waals surface area contributed by atoms with Gasteiger partial charge in [-0.3, -0.25) is 4.99 Å². The minimum Gasteiger partial charge on any atom is -0.491 e. The fourth-order valence-corrected chi connectivity index (χ4v) is 2.93. The van der Waals surface area contributed by atoms with Gasteiger partial charge in [0.15, 0.2) is 5.96 Å². The van der Waals surface area contributed by atoms with Crippen molar-refractivity contribution in [2.75, 3.05) is 26.9 Å². The van der Waals surface area contributed by atoms with Gasteiger partial charge in [0.05, 0.1) is 13.2 Å². The van der Waals surface area contributed by atoms with Crippen molar-refractivity contribution in [1.82, 2.24) is 10.6 Å². The molecule has 0 atom stereocenters. The van der Waals surface area contributed by atoms with Crippen LogP contribution in [0, 0.1) is 6.92 Å². The van der Waals surface area contributed by atoms with Crippen LogP contribution in [-0.4, -0.2) is 32.8 Å². The molecule has 0 aliphatic heterocycles. The smallest absolute Gasteiger partial charge is 0.191 e. The van der Waals surface area contributed by atoms with E-state index in [-0.39, 0.29) is 24.0 Å². The molecule has 0 bridgehead atoms. The zero-order valence-corrected chi connectivity index (χ0v) is 18.7. The average molecular weight is 489 g/mol. The summed E-state index contributed by atoms with van der Waals surface area (Å²) in [7, 11) is 1.78. The molecule has 2 N–H and O–H groups in total. The maximum absolute atomic E-state index is 5.88. The SMILES string of the molecule is CCOCCOc1cc(C)ccc1CNC(=NC)NCc1cccs1.I. The van der Waals surface area contributed by atoms with Gasteiger partial charge in [-0.05, 0) is 36.9 Å². The van der Waals surface area contributed by atoms with E-state index in [9.17, 15) is 0 Å². The van der Waals surface area contributed by atoms with Gasteiger partial charge in [0.1, 0.15) is 12.4 Å². The Morgan fingerprint density at radius 2 is 1.96 bits per heavy atom. The Hall–Kier alpha value is -1.32. The molecule has 0 aliphatic rings. The number of thiophene rings is 1. The number of nitrogens with one attached hydrogen (secondary N) is 2. The van der Waals surface area contributed by atoms with Crippen LogP contribution in [0.15, 0.2) is 40.7 Å². The minimum absolute atomic E-state index is 0. The lowest BCUT2D eigenvalue weighted by Gasteiger charge is -2.15. The van der Waals surface area contributed by atoms with Crippen molar-refractivity contribution in [1.29, 1.82) is 0 Å². The minimum atomic E-state index is 0. The predicted octanol–water partition coefficient (Wildman–Crippen LogP) is 3.96. The Labute approximate surface area is 177 Å². The van der Waals surface area contributed by atoms with E-state index in [0.29, 0.717) is 26.4 Å². The number of nitrogens with zero attached hydrogens (tertiary/aromatic N) is 1. The van der Waals surface area contributed by atoms with Crippen LogP contribution in [0.4, 0.5) is 0 Å². The first-order valence-electron chi connectivity index (χ1n) is 8.50. The van der Waals surface area contributed by atoms with Gasteiger partial charge in [-0.15, -0.1) is 35.3 Å². The zero-order valence-electron chi connectivity index (χ0n) is 15.6. The summed E-state index contributed by atoms with van der Waals surface area (Å²) in [5, 5.41) is 8.74. The predicted molar refractivity (Wildman–Crippen MR) is 120 cm³/mol. The van der Waals surface area contributed by atoms with E-state index in [1.165, 1.54) is 10.4 Å². The van der Waals surface area contributed by atoms with Gasteiger partial charge in [-0.25, -0.2) is 0 Å². The monoisotopic (exact) mass is 489 g/mol. The maximum Gasteiger partial charge on any atom is 0.191 e. The van der Waals surface area contributed by atoms with Crippen LogP contribution >= 0.6 is 35.3 Å². The van der Waals surface area contributed by atoms with Crippen LogP contribution in [0.5, 0.6) is 5.75 Å². The van der Waals surface area contributed by atoms with Crippen molar-refractivity contribution in [3.8, 4) is 5.75 Å². The highest BCUT2D eigenvalue weighted by Gasteiger charge is 2.06. The first kappa shape index (κ1) is 22.7. The molecule has 0 amide bonds. The molecule has 2 aromatic rings. The largest absolute Gasteiger partial charge is 0.491 e. The molecule has 1 aromatic carbocycles. The number of guanidine groups is 1. The molecule has 1 heterocycles. The molecule has 0 unspecified atom stereocenters. The summed E-state index contributed by atoms with van der Waals surface area (Å²) in [4.78, 5) is 5.55. The Kier molecular flexibility index (Phi) is 11.3. The molecule has 0 saturated carbocycles. The lowest BCUT2D eigenvalue weighted by atomic mass is 10.1. The highest BCUT2D eigenvalue weighted by molar-refractivity contribution is 14.0. The zero-order chi connectivity index (χ0) is 17.9. The molecule has 144 valence electrons. The van der Waals surface area contributed by atoms with Crippen molar-refractivity contribution in [3.63, 3.8) is 0 Å². The summed E-state index contributed by atoms with van der Waals surface area (Å²) in [6, 6.07) is 10.4. The van der Waals surface area contributed by atoms with Crippen molar-refractivity contribution >= 4 is 41.3 Å². The molecule has 2 rings (SSSR count). The Balaban J connectivity index is 0.00000338. The van der Waals surface area contributed by atoms with Gasteiger partial charge in [0, 0.05) is 30.6 Å². The number of hydrogen-bond acceptors (Lipinski definition) is 4. The standard InChI is InChI=1S/C19H27N3O2S.HI/c1-4-23-9-10-24-18-12-15(2)7-8-16(18)13-21-19(20-3)22-14-17-6-5-11-25-17;/h5-8,11-12H,4,9-10,13-14H2,1-3H3,(H2,20,21,22);1H. The fourth-order valence-electron chi connectivity index (χ4n) is 2.28. The lowest BCUT2D eigenvalue weighted by Crippen LogP contribution is -2.36. The maximum atomic E-state index is 5.88. The first-order chi connectivity index (χ1) is 12.2. The van der Waals surface area contributed by atoms with Crippen LogP contribution < -0.4 is 15.4 Å². The van der Waals surface area contributed by atoms with E-state index >= 15 is 0 Å². The summed E-state index contributed by atoms with van der Waals surface area (Å²) in [5.41, 5.74) is 2.27. The number of benzene rings is 1. The van der Waals surface area contributed by atoms with Crippen LogP contribution in [0.25, 0.3) is 0 Å². The van der Waals surface area contributed by atoms with E-state index in [2.05, 4.69) is 58.3 Å². The topological polar surface area (TPSA) is 54.9 Å². The molecule has 0 spiro atoms. The quantitative estimate of drug-likeness (QED) is 0.243. The lowest BCUT2D eigenvalue weighted by molar-refractivity contribution is 0.110. The molecule has 5 nitrogen and oxygen atoms in total. The van der Waals surface area contributed by atoms with E-state index in [0.717, 1.165) is 23.8 Å². The Morgan fingerprint density at radius 1 is 1.15 bits per heavy atom. The van der Waals surface area contributed by atoms with Crippen molar-refractivity contribution < 1.29 is 9.47 Å². The third-order valence-electron chi connectivity index (χ3n) is 3.59. The second-order valence-electron chi connectivity index (χ2n) is 5.52. The normalized spacial score (nSPS) is 11.0. The van der Waals surface area contributed by atoms with E-state index < -0.39 is 0 Å². The van der Waals surface area contributed by atoms with E-state index in [4.69, 9.17) is 9.47 Å². The molecular formula is C19H28IN3O2S. The van der Waals surface area contributed by atoms with Crippen LogP contribution in [0.3, 0.4) is 0 Å². The third-order valence-corrected chi connectivity index (χ3v) is 4.47. The Bertz CT molecular complexity index is 663. The van der Waals surface area contributed by atoms with Crippen molar-refractivity contribution in [2.24, 2.45) is 4.99 Å². The Morgan fingerprint density at radius 3 is 2.65 bits per heavy atom. The molecule has 0 radical (unpaired) electrons. The summed E-state index contributed by atoms with van der Waals surface area (Å²) >= 11 is 1.73. The van der Waals surface area contributed by atoms with Gasteiger partial charge >= 0.3 is 0 Å². The summed E-state index contributed by atoms with van der Waals surface area (Å²) < 4.78 is 11.2. The number of hydrogen-bond donors (Lipinski definition) is 2. The van der Waals surface area contributed by atoms with Crippen LogP contribution in [0.1, 0.15) is 22.9 Å². The summed E-state index contributed by atoms with van der Waals surface area (Å²) in [6.45, 7) is 7.32. The van der Waals surface area contributed by atoms with Gasteiger partial charge in [-0.1, -0.05) is 18.2 Å². The number of ether oxygens (including phenoxy) is 2. The van der Waals surface area contributed by atoms with Crippen molar-refractivity contribution in [2.45, 2.75) is 26.9 Å². The molecule has 7 heteroatoms. The first-order valence-corrected chi connectivity index (χ1v) is 9.38. The molecule has 0 aliphatic carbocycles. The van der Waals surface area contributed by atoms with Crippen LogP contribution in [-0.2, 0) is 17.8 Å². The molecule has 0 fully saturated rings. The second kappa shape index (κ2) is 12.9.